The first kappa shape index (κ1) is 24.8. The molecule has 0 heterocycles. The predicted molar refractivity (Wildman–Crippen MR) is 116 cm³/mol. The second-order valence-electron chi connectivity index (χ2n) is 8.16. The number of benzene rings is 1. The summed E-state index contributed by atoms with van der Waals surface area (Å²) in [5.41, 5.74) is 1.95. The maximum atomic E-state index is 12.7. The summed E-state index contributed by atoms with van der Waals surface area (Å²) in [5, 5.41) is 24.1. The maximum absolute atomic E-state index is 12.7. The molecule has 1 aromatic rings. The largest absolute Gasteiger partial charge is 0.493 e. The highest BCUT2D eigenvalue weighted by Gasteiger charge is 2.31. The fourth-order valence-corrected chi connectivity index (χ4v) is 3.97. The molecule has 0 fully saturated rings. The minimum Gasteiger partial charge on any atom is -0.493 e. The highest BCUT2D eigenvalue weighted by molar-refractivity contribution is 6.43. The quantitative estimate of drug-likeness (QED) is 0.393. The van der Waals surface area contributed by atoms with Gasteiger partial charge in [0, 0.05) is 11.5 Å². The molecule has 0 aromatic heterocycles. The summed E-state index contributed by atoms with van der Waals surface area (Å²) in [5.74, 6) is 0.114. The summed E-state index contributed by atoms with van der Waals surface area (Å²) in [4.78, 5) is 24.8. The monoisotopic (exact) mass is 436 g/mol. The lowest BCUT2D eigenvalue weighted by Crippen LogP contribution is -2.50. The van der Waals surface area contributed by atoms with Crippen molar-refractivity contribution >= 4 is 18.9 Å². The Hall–Kier alpha value is -2.46. The number of fused-ring (bicyclic) bond motifs is 1. The molecule has 1 aromatic carbocycles. The van der Waals surface area contributed by atoms with Crippen molar-refractivity contribution in [1.29, 1.82) is 0 Å². The highest BCUT2D eigenvalue weighted by Crippen LogP contribution is 2.45. The lowest BCUT2D eigenvalue weighted by Gasteiger charge is -2.27. The Balaban J connectivity index is 2.00. The van der Waals surface area contributed by atoms with Gasteiger partial charge < -0.3 is 34.9 Å². The molecule has 2 atom stereocenters. The van der Waals surface area contributed by atoms with Crippen LogP contribution >= 0.6 is 0 Å². The smallest absolute Gasteiger partial charge is 0.475 e. The zero-order valence-electron chi connectivity index (χ0n) is 18.9. The lowest BCUT2D eigenvalue weighted by atomic mass is 9.75. The molecule has 0 saturated heterocycles. The van der Waals surface area contributed by atoms with E-state index >= 15 is 0 Å². The average Bonchev–Trinajstić information content (AvgIpc) is 2.74. The summed E-state index contributed by atoms with van der Waals surface area (Å²) in [6.45, 7) is 3.62. The van der Waals surface area contributed by atoms with Gasteiger partial charge in [-0.05, 0) is 43.2 Å². The fourth-order valence-electron chi connectivity index (χ4n) is 3.97. The molecular weight excluding hydrogens is 403 g/mol. The molecule has 1 aliphatic rings. The van der Waals surface area contributed by atoms with E-state index < -0.39 is 19.0 Å². The number of carbonyl (C=O) groups is 2. The number of carbonyl (C=O) groups excluding carboxylic acids is 2. The van der Waals surface area contributed by atoms with Gasteiger partial charge in [0.2, 0.25) is 17.6 Å². The van der Waals surface area contributed by atoms with E-state index in [2.05, 4.69) is 10.6 Å². The molecule has 10 heteroatoms. The molecule has 172 valence electrons. The van der Waals surface area contributed by atoms with Gasteiger partial charge in [-0.15, -0.1) is 0 Å². The van der Waals surface area contributed by atoms with Gasteiger partial charge >= 0.3 is 7.12 Å². The number of hydrogen-bond acceptors (Lipinski definition) is 7. The molecule has 0 aliphatic heterocycles. The van der Waals surface area contributed by atoms with E-state index in [0.717, 1.165) is 11.1 Å². The van der Waals surface area contributed by atoms with Crippen LogP contribution in [0.15, 0.2) is 6.07 Å². The van der Waals surface area contributed by atoms with Crippen molar-refractivity contribution in [2.24, 2.45) is 11.8 Å². The third-order valence-corrected chi connectivity index (χ3v) is 5.46. The van der Waals surface area contributed by atoms with Crippen LogP contribution in [-0.4, -0.2) is 62.8 Å². The van der Waals surface area contributed by atoms with Crippen LogP contribution in [0.3, 0.4) is 0 Å². The van der Waals surface area contributed by atoms with E-state index in [9.17, 15) is 19.6 Å². The number of hydrogen-bond donors (Lipinski definition) is 4. The van der Waals surface area contributed by atoms with Crippen LogP contribution in [0.25, 0.3) is 0 Å². The third kappa shape index (κ3) is 6.27. The van der Waals surface area contributed by atoms with E-state index in [4.69, 9.17) is 14.2 Å². The third-order valence-electron chi connectivity index (χ3n) is 5.46. The number of ether oxygens (including phenoxy) is 3. The Morgan fingerprint density at radius 1 is 1.16 bits per heavy atom. The van der Waals surface area contributed by atoms with Crippen molar-refractivity contribution in [2.45, 2.75) is 45.5 Å². The summed E-state index contributed by atoms with van der Waals surface area (Å²) >= 11 is 0. The van der Waals surface area contributed by atoms with Crippen molar-refractivity contribution in [2.75, 3.05) is 27.9 Å². The zero-order valence-corrected chi connectivity index (χ0v) is 18.9. The minimum atomic E-state index is -1.65. The van der Waals surface area contributed by atoms with Crippen molar-refractivity contribution in [3.63, 3.8) is 0 Å². The van der Waals surface area contributed by atoms with Crippen LogP contribution in [0.2, 0.25) is 0 Å². The highest BCUT2D eigenvalue weighted by atomic mass is 16.5. The van der Waals surface area contributed by atoms with E-state index in [0.29, 0.717) is 42.9 Å². The molecule has 0 spiro atoms. The summed E-state index contributed by atoms with van der Waals surface area (Å²) in [6.07, 6.45) is 2.16. The first-order valence-corrected chi connectivity index (χ1v) is 10.5. The Labute approximate surface area is 183 Å². The van der Waals surface area contributed by atoms with Crippen molar-refractivity contribution in [3.05, 3.63) is 17.2 Å². The maximum Gasteiger partial charge on any atom is 0.475 e. The molecule has 1 aliphatic carbocycles. The second kappa shape index (κ2) is 11.2. The van der Waals surface area contributed by atoms with Gasteiger partial charge in [0.15, 0.2) is 11.5 Å². The molecule has 9 nitrogen and oxygen atoms in total. The van der Waals surface area contributed by atoms with E-state index in [1.165, 1.54) is 0 Å². The van der Waals surface area contributed by atoms with E-state index in [1.54, 1.807) is 21.3 Å². The fraction of sp³-hybridized carbons (Fsp3) is 0.619. The van der Waals surface area contributed by atoms with E-state index in [-0.39, 0.29) is 24.3 Å². The van der Waals surface area contributed by atoms with Crippen LogP contribution < -0.4 is 24.8 Å². The molecule has 0 radical (unpaired) electrons. The Kier molecular flexibility index (Phi) is 9.00. The molecule has 2 amide bonds. The first-order chi connectivity index (χ1) is 14.7. The normalized spacial score (nSPS) is 16.2. The zero-order chi connectivity index (χ0) is 23.1. The molecular formula is C21H33BN2O7. The van der Waals surface area contributed by atoms with Crippen LogP contribution in [0, 0.1) is 11.8 Å². The second-order valence-corrected chi connectivity index (χ2v) is 8.16. The summed E-state index contributed by atoms with van der Waals surface area (Å²) in [6, 6.07) is 1.86. The Morgan fingerprint density at radius 3 is 2.39 bits per heavy atom. The Morgan fingerprint density at radius 2 is 1.84 bits per heavy atom. The number of methoxy groups -OCH3 is 3. The van der Waals surface area contributed by atoms with Crippen LogP contribution in [0.1, 0.15) is 37.8 Å². The van der Waals surface area contributed by atoms with Gasteiger partial charge in [-0.2, -0.15) is 0 Å². The van der Waals surface area contributed by atoms with Gasteiger partial charge in [-0.1, -0.05) is 13.8 Å². The first-order valence-electron chi connectivity index (χ1n) is 10.5. The average molecular weight is 436 g/mol. The van der Waals surface area contributed by atoms with Crippen LogP contribution in [-0.2, 0) is 22.4 Å². The van der Waals surface area contributed by atoms with Gasteiger partial charge in [-0.3, -0.25) is 9.59 Å². The SMILES string of the molecule is COc1cc2c(c(OC)c1OC)CCC(C(=O)NCC(=O)NC(CC(C)C)B(O)O)C2. The van der Waals surface area contributed by atoms with Crippen molar-refractivity contribution in [1.82, 2.24) is 10.6 Å². The number of rotatable bonds is 10. The van der Waals surface area contributed by atoms with Crippen molar-refractivity contribution in [3.8, 4) is 17.2 Å². The van der Waals surface area contributed by atoms with Crippen LogP contribution in [0.5, 0.6) is 17.2 Å². The Bertz CT molecular complexity index is 785. The predicted octanol–water partition coefficient (Wildman–Crippen LogP) is 0.476. The van der Waals surface area contributed by atoms with Gasteiger partial charge in [-0.25, -0.2) is 0 Å². The molecule has 0 bridgehead atoms. The molecule has 31 heavy (non-hydrogen) atoms. The minimum absolute atomic E-state index is 0.177. The lowest BCUT2D eigenvalue weighted by molar-refractivity contribution is -0.129. The van der Waals surface area contributed by atoms with Crippen molar-refractivity contribution < 1.29 is 33.8 Å². The van der Waals surface area contributed by atoms with Crippen LogP contribution in [0.4, 0.5) is 0 Å². The standard InChI is InChI=1S/C21H33BN2O7/c1-12(2)8-17(22(27)28)24-18(25)11-23-21(26)13-6-7-15-14(9-13)10-16(29-3)20(31-5)19(15)30-4/h10,12-13,17,27-28H,6-9,11H2,1-5H3,(H,23,26)(H,24,25). The van der Waals surface area contributed by atoms with Gasteiger partial charge in [0.1, 0.15) is 0 Å². The molecule has 2 unspecified atom stereocenters. The van der Waals surface area contributed by atoms with E-state index in [1.807, 2.05) is 19.9 Å². The summed E-state index contributed by atoms with van der Waals surface area (Å²) < 4.78 is 16.4. The van der Waals surface area contributed by atoms with Gasteiger partial charge in [0.25, 0.3) is 0 Å². The van der Waals surface area contributed by atoms with Gasteiger partial charge in [0.05, 0.1) is 33.8 Å². The molecule has 0 saturated carbocycles. The number of nitrogens with one attached hydrogen (secondary N) is 2. The number of amides is 2. The topological polar surface area (TPSA) is 126 Å². The summed E-state index contributed by atoms with van der Waals surface area (Å²) in [7, 11) is 3.02. The molecule has 2 rings (SSSR count). The molecule has 4 N–H and O–H groups in total.